The molecule has 2 heterocycles. The predicted molar refractivity (Wildman–Crippen MR) is 70.4 cm³/mol. The number of nitrogens with zero attached hydrogens (tertiary/aromatic N) is 4. The third-order valence-corrected chi connectivity index (χ3v) is 2.84. The average molecular weight is 264 g/mol. The summed E-state index contributed by atoms with van der Waals surface area (Å²) in [5, 5.41) is 13.9. The molecule has 2 aromatic rings. The minimum Gasteiger partial charge on any atom is -0.339 e. The van der Waals surface area contributed by atoms with Gasteiger partial charge in [0.05, 0.1) is 0 Å². The molecule has 0 bridgehead atoms. The smallest absolute Gasteiger partial charge is 0.239 e. The number of H-pyrrole nitrogens is 1. The van der Waals surface area contributed by atoms with E-state index in [1.165, 1.54) is 6.33 Å². The Kier molecular flexibility index (Phi) is 5.02. The first-order valence-corrected chi connectivity index (χ1v) is 6.75. The fraction of sp³-hybridized carbons (Fsp3) is 0.667. The number of rotatable bonds is 8. The lowest BCUT2D eigenvalue weighted by Crippen LogP contribution is -2.31. The fourth-order valence-corrected chi connectivity index (χ4v) is 1.93. The molecule has 0 saturated carbocycles. The van der Waals surface area contributed by atoms with Gasteiger partial charge in [-0.15, -0.1) is 0 Å². The van der Waals surface area contributed by atoms with E-state index in [9.17, 15) is 0 Å². The Labute approximate surface area is 112 Å². The standard InChI is InChI=1S/C12H20N6O/c1-3-5-9(13-6-4-2)7-10-16-12(18-19-10)11-14-8-15-17-11/h8-9,13H,3-7H2,1-2H3,(H,14,15,17). The summed E-state index contributed by atoms with van der Waals surface area (Å²) in [5.41, 5.74) is 0. The van der Waals surface area contributed by atoms with E-state index in [0.717, 1.165) is 32.2 Å². The van der Waals surface area contributed by atoms with E-state index in [1.54, 1.807) is 0 Å². The molecule has 2 rings (SSSR count). The van der Waals surface area contributed by atoms with Gasteiger partial charge in [-0.3, -0.25) is 5.10 Å². The quantitative estimate of drug-likeness (QED) is 0.751. The van der Waals surface area contributed by atoms with E-state index in [-0.39, 0.29) is 0 Å². The van der Waals surface area contributed by atoms with Crippen molar-refractivity contribution in [3.05, 3.63) is 12.2 Å². The second kappa shape index (κ2) is 6.98. The Balaban J connectivity index is 1.97. The number of hydrogen-bond acceptors (Lipinski definition) is 6. The zero-order chi connectivity index (χ0) is 13.5. The average Bonchev–Trinajstić information content (AvgIpc) is 3.06. The molecule has 0 fully saturated rings. The van der Waals surface area contributed by atoms with Crippen molar-refractivity contribution in [3.8, 4) is 11.6 Å². The number of aromatic amines is 1. The van der Waals surface area contributed by atoms with E-state index in [0.29, 0.717) is 23.6 Å². The van der Waals surface area contributed by atoms with Gasteiger partial charge in [0.1, 0.15) is 6.33 Å². The van der Waals surface area contributed by atoms with E-state index < -0.39 is 0 Å². The molecule has 19 heavy (non-hydrogen) atoms. The highest BCUT2D eigenvalue weighted by Crippen LogP contribution is 2.11. The first kappa shape index (κ1) is 13.7. The summed E-state index contributed by atoms with van der Waals surface area (Å²) in [6.45, 7) is 5.34. The lowest BCUT2D eigenvalue weighted by Gasteiger charge is -2.15. The molecule has 7 heteroatoms. The van der Waals surface area contributed by atoms with Crippen LogP contribution in [0, 0.1) is 0 Å². The first-order chi connectivity index (χ1) is 9.33. The van der Waals surface area contributed by atoms with Crippen LogP contribution in [0.3, 0.4) is 0 Å². The highest BCUT2D eigenvalue weighted by Gasteiger charge is 2.15. The molecule has 0 spiro atoms. The zero-order valence-corrected chi connectivity index (χ0v) is 11.4. The molecule has 7 nitrogen and oxygen atoms in total. The monoisotopic (exact) mass is 264 g/mol. The van der Waals surface area contributed by atoms with Gasteiger partial charge in [-0.25, -0.2) is 4.98 Å². The Bertz CT molecular complexity index is 466. The van der Waals surface area contributed by atoms with Crippen LogP contribution in [-0.4, -0.2) is 37.9 Å². The summed E-state index contributed by atoms with van der Waals surface area (Å²) >= 11 is 0. The molecular weight excluding hydrogens is 244 g/mol. The first-order valence-electron chi connectivity index (χ1n) is 6.75. The minimum atomic E-state index is 0.382. The molecule has 1 atom stereocenters. The maximum Gasteiger partial charge on any atom is 0.239 e. The Morgan fingerprint density at radius 2 is 2.26 bits per heavy atom. The van der Waals surface area contributed by atoms with E-state index in [1.807, 2.05) is 0 Å². The van der Waals surface area contributed by atoms with Crippen molar-refractivity contribution >= 4 is 0 Å². The lowest BCUT2D eigenvalue weighted by atomic mass is 10.1. The fourth-order valence-electron chi connectivity index (χ4n) is 1.93. The van der Waals surface area contributed by atoms with E-state index in [4.69, 9.17) is 4.52 Å². The van der Waals surface area contributed by atoms with Crippen LogP contribution in [0.5, 0.6) is 0 Å². The predicted octanol–water partition coefficient (Wildman–Crippen LogP) is 1.57. The van der Waals surface area contributed by atoms with Crippen LogP contribution in [0.25, 0.3) is 11.6 Å². The van der Waals surface area contributed by atoms with Crippen molar-refractivity contribution in [1.29, 1.82) is 0 Å². The summed E-state index contributed by atoms with van der Waals surface area (Å²) in [6.07, 6.45) is 5.51. The second-order valence-corrected chi connectivity index (χ2v) is 4.49. The van der Waals surface area contributed by atoms with Gasteiger partial charge in [-0.2, -0.15) is 10.1 Å². The molecule has 2 N–H and O–H groups in total. The molecule has 0 aliphatic rings. The maximum atomic E-state index is 5.26. The summed E-state index contributed by atoms with van der Waals surface area (Å²) in [6, 6.07) is 0.382. The molecule has 0 saturated heterocycles. The van der Waals surface area contributed by atoms with Crippen molar-refractivity contribution < 1.29 is 4.52 Å². The van der Waals surface area contributed by atoms with Gasteiger partial charge in [0.15, 0.2) is 5.82 Å². The van der Waals surface area contributed by atoms with Crippen LogP contribution in [0.1, 0.15) is 39.0 Å². The highest BCUT2D eigenvalue weighted by atomic mass is 16.5. The van der Waals surface area contributed by atoms with Crippen molar-refractivity contribution in [2.75, 3.05) is 6.54 Å². The minimum absolute atomic E-state index is 0.382. The van der Waals surface area contributed by atoms with Gasteiger partial charge in [0, 0.05) is 12.5 Å². The van der Waals surface area contributed by atoms with Gasteiger partial charge in [0.2, 0.25) is 11.7 Å². The maximum absolute atomic E-state index is 5.26. The molecule has 0 aromatic carbocycles. The van der Waals surface area contributed by atoms with Gasteiger partial charge in [0.25, 0.3) is 0 Å². The zero-order valence-electron chi connectivity index (χ0n) is 11.4. The van der Waals surface area contributed by atoms with Crippen LogP contribution >= 0.6 is 0 Å². The van der Waals surface area contributed by atoms with E-state index in [2.05, 4.69) is 44.5 Å². The summed E-state index contributed by atoms with van der Waals surface area (Å²) < 4.78 is 5.26. The molecule has 104 valence electrons. The molecule has 2 aromatic heterocycles. The Hall–Kier alpha value is -1.76. The third-order valence-electron chi connectivity index (χ3n) is 2.84. The summed E-state index contributed by atoms with van der Waals surface area (Å²) in [4.78, 5) is 8.33. The van der Waals surface area contributed by atoms with Gasteiger partial charge < -0.3 is 9.84 Å². The molecule has 0 amide bonds. The molecular formula is C12H20N6O. The Morgan fingerprint density at radius 1 is 1.37 bits per heavy atom. The van der Waals surface area contributed by atoms with Gasteiger partial charge >= 0.3 is 0 Å². The van der Waals surface area contributed by atoms with Crippen molar-refractivity contribution in [1.82, 2.24) is 30.6 Å². The van der Waals surface area contributed by atoms with Crippen LogP contribution < -0.4 is 5.32 Å². The van der Waals surface area contributed by atoms with Crippen LogP contribution in [0.15, 0.2) is 10.9 Å². The summed E-state index contributed by atoms with van der Waals surface area (Å²) in [7, 11) is 0. The number of hydrogen-bond donors (Lipinski definition) is 2. The molecule has 0 aliphatic heterocycles. The number of nitrogens with one attached hydrogen (secondary N) is 2. The van der Waals surface area contributed by atoms with Crippen molar-refractivity contribution in [2.24, 2.45) is 0 Å². The summed E-state index contributed by atoms with van der Waals surface area (Å²) in [5.74, 6) is 1.62. The molecule has 0 aliphatic carbocycles. The second-order valence-electron chi connectivity index (χ2n) is 4.49. The van der Waals surface area contributed by atoms with Gasteiger partial charge in [-0.1, -0.05) is 25.4 Å². The van der Waals surface area contributed by atoms with Crippen molar-refractivity contribution in [2.45, 2.75) is 45.6 Å². The largest absolute Gasteiger partial charge is 0.339 e. The normalized spacial score (nSPS) is 12.7. The Morgan fingerprint density at radius 3 is 2.95 bits per heavy atom. The van der Waals surface area contributed by atoms with Crippen LogP contribution in [0.4, 0.5) is 0 Å². The SMILES string of the molecule is CCCNC(CCC)Cc1nc(-c2ncn[nH]2)no1. The molecule has 1 unspecified atom stereocenters. The van der Waals surface area contributed by atoms with Crippen molar-refractivity contribution in [3.63, 3.8) is 0 Å². The highest BCUT2D eigenvalue weighted by molar-refractivity contribution is 5.39. The third kappa shape index (κ3) is 3.85. The lowest BCUT2D eigenvalue weighted by molar-refractivity contribution is 0.350. The van der Waals surface area contributed by atoms with Crippen LogP contribution in [-0.2, 0) is 6.42 Å². The topological polar surface area (TPSA) is 92.5 Å². The van der Waals surface area contributed by atoms with Crippen LogP contribution in [0.2, 0.25) is 0 Å². The number of aromatic nitrogens is 5. The van der Waals surface area contributed by atoms with Gasteiger partial charge in [-0.05, 0) is 19.4 Å². The molecule has 0 radical (unpaired) electrons. The van der Waals surface area contributed by atoms with E-state index >= 15 is 0 Å².